The first-order valence-electron chi connectivity index (χ1n) is 6.04. The number of carbonyl (C=O) groups excluding carboxylic acids is 1. The molecule has 1 aromatic heterocycles. The molecule has 0 spiro atoms. The number of aryl methyl sites for hydroxylation is 1. The van der Waals surface area contributed by atoms with E-state index in [1.165, 1.54) is 9.75 Å². The lowest BCUT2D eigenvalue weighted by Crippen LogP contribution is -2.42. The average molecular weight is 267 g/mol. The molecule has 18 heavy (non-hydrogen) atoms. The van der Waals surface area contributed by atoms with Crippen molar-refractivity contribution >= 4 is 23.2 Å². The third-order valence-electron chi connectivity index (χ3n) is 3.27. The van der Waals surface area contributed by atoms with Gasteiger partial charge in [-0.2, -0.15) is 0 Å². The van der Waals surface area contributed by atoms with Crippen LogP contribution in [0.15, 0.2) is 12.1 Å². The van der Waals surface area contributed by atoms with E-state index in [-0.39, 0.29) is 11.9 Å². The van der Waals surface area contributed by atoms with Crippen molar-refractivity contribution in [2.75, 3.05) is 0 Å². The summed E-state index contributed by atoms with van der Waals surface area (Å²) in [5.41, 5.74) is -1.14. The highest BCUT2D eigenvalue weighted by atomic mass is 32.1. The van der Waals surface area contributed by atoms with Gasteiger partial charge >= 0.3 is 5.97 Å². The maximum Gasteiger partial charge on any atom is 0.319 e. The summed E-state index contributed by atoms with van der Waals surface area (Å²) in [5.74, 6) is -1.34. The molecule has 1 aromatic rings. The van der Waals surface area contributed by atoms with Crippen LogP contribution in [0.3, 0.4) is 0 Å². The van der Waals surface area contributed by atoms with Crippen LogP contribution in [0.5, 0.6) is 0 Å². The first-order valence-corrected chi connectivity index (χ1v) is 6.85. The smallest absolute Gasteiger partial charge is 0.319 e. The lowest BCUT2D eigenvalue weighted by molar-refractivity contribution is -0.149. The summed E-state index contributed by atoms with van der Waals surface area (Å²) in [7, 11) is 0. The minimum atomic E-state index is -1.14. The van der Waals surface area contributed by atoms with Gasteiger partial charge in [-0.15, -0.1) is 11.3 Å². The molecule has 4 nitrogen and oxygen atoms in total. The molecule has 0 aromatic carbocycles. The normalized spacial score (nSPS) is 18.1. The number of aliphatic carboxylic acids is 1. The van der Waals surface area contributed by atoms with Crippen LogP contribution >= 0.6 is 11.3 Å². The molecule has 1 aliphatic rings. The van der Waals surface area contributed by atoms with Crippen molar-refractivity contribution in [3.8, 4) is 0 Å². The molecule has 2 N–H and O–H groups in total. The van der Waals surface area contributed by atoms with Crippen LogP contribution in [0.25, 0.3) is 0 Å². The van der Waals surface area contributed by atoms with Gasteiger partial charge in [0.05, 0.1) is 0 Å². The summed E-state index contributed by atoms with van der Waals surface area (Å²) >= 11 is 1.70. The number of carboxylic acid groups (broad SMARTS) is 1. The van der Waals surface area contributed by atoms with Crippen molar-refractivity contribution in [3.63, 3.8) is 0 Å². The third-order valence-corrected chi connectivity index (χ3v) is 4.30. The van der Waals surface area contributed by atoms with Crippen LogP contribution in [0.1, 0.15) is 29.5 Å². The molecule has 0 bridgehead atoms. The second kappa shape index (κ2) is 4.72. The maximum absolute atomic E-state index is 11.9. The molecule has 1 saturated carbocycles. The summed E-state index contributed by atoms with van der Waals surface area (Å²) in [4.78, 5) is 25.3. The lowest BCUT2D eigenvalue weighted by atomic mass is 10.1. The van der Waals surface area contributed by atoms with Crippen molar-refractivity contribution in [2.45, 2.75) is 39.2 Å². The summed E-state index contributed by atoms with van der Waals surface area (Å²) < 4.78 is 0. The minimum absolute atomic E-state index is 0.0348. The van der Waals surface area contributed by atoms with Crippen LogP contribution in [0.4, 0.5) is 0 Å². The van der Waals surface area contributed by atoms with E-state index < -0.39 is 11.4 Å². The Bertz CT molecular complexity index is 476. The second-order valence-electron chi connectivity index (χ2n) is 4.98. The standard InChI is InChI=1S/C13H17NO3S/c1-8(7-10-4-3-9(2)18-10)14-11(15)13(5-6-13)12(16)17/h3-4,8H,5-7H2,1-2H3,(H,14,15)(H,16,17). The van der Waals surface area contributed by atoms with Crippen LogP contribution < -0.4 is 5.32 Å². The molecule has 1 fully saturated rings. The van der Waals surface area contributed by atoms with Crippen molar-refractivity contribution < 1.29 is 14.7 Å². The van der Waals surface area contributed by atoms with E-state index in [0.29, 0.717) is 12.8 Å². The largest absolute Gasteiger partial charge is 0.480 e. The number of hydrogen-bond acceptors (Lipinski definition) is 3. The number of thiophene rings is 1. The zero-order valence-electron chi connectivity index (χ0n) is 10.5. The molecule has 1 unspecified atom stereocenters. The monoisotopic (exact) mass is 267 g/mol. The molecule has 98 valence electrons. The van der Waals surface area contributed by atoms with Gasteiger partial charge in [0.1, 0.15) is 5.41 Å². The first-order chi connectivity index (χ1) is 8.44. The number of hydrogen-bond donors (Lipinski definition) is 2. The molecular weight excluding hydrogens is 250 g/mol. The summed E-state index contributed by atoms with van der Waals surface area (Å²) in [5, 5.41) is 11.8. The van der Waals surface area contributed by atoms with Gasteiger partial charge in [-0.3, -0.25) is 9.59 Å². The van der Waals surface area contributed by atoms with Gasteiger partial charge in [-0.1, -0.05) is 0 Å². The predicted octanol–water partition coefficient (Wildman–Crippen LogP) is 1.97. The van der Waals surface area contributed by atoms with E-state index in [2.05, 4.69) is 5.32 Å². The molecule has 0 saturated heterocycles. The van der Waals surface area contributed by atoms with Crippen LogP contribution in [0, 0.1) is 12.3 Å². The Morgan fingerprint density at radius 3 is 2.61 bits per heavy atom. The first kappa shape index (κ1) is 13.1. The predicted molar refractivity (Wildman–Crippen MR) is 69.7 cm³/mol. The van der Waals surface area contributed by atoms with Crippen molar-refractivity contribution in [1.82, 2.24) is 5.32 Å². The van der Waals surface area contributed by atoms with Gasteiger partial charge in [-0.05, 0) is 38.8 Å². The van der Waals surface area contributed by atoms with Gasteiger partial charge < -0.3 is 10.4 Å². The third kappa shape index (κ3) is 2.56. The molecular formula is C13H17NO3S. The number of carbonyl (C=O) groups is 2. The number of amides is 1. The number of nitrogens with one attached hydrogen (secondary N) is 1. The highest BCUT2D eigenvalue weighted by Gasteiger charge is 2.57. The van der Waals surface area contributed by atoms with E-state index in [1.807, 2.05) is 26.0 Å². The SMILES string of the molecule is Cc1ccc(CC(C)NC(=O)C2(C(=O)O)CC2)s1. The van der Waals surface area contributed by atoms with E-state index in [0.717, 1.165) is 6.42 Å². The molecule has 5 heteroatoms. The molecule has 0 radical (unpaired) electrons. The van der Waals surface area contributed by atoms with Crippen molar-refractivity contribution in [3.05, 3.63) is 21.9 Å². The van der Waals surface area contributed by atoms with Crippen molar-refractivity contribution in [1.29, 1.82) is 0 Å². The van der Waals surface area contributed by atoms with Gasteiger partial charge in [0.25, 0.3) is 0 Å². The number of rotatable bonds is 5. The van der Waals surface area contributed by atoms with E-state index in [4.69, 9.17) is 5.11 Å². The van der Waals surface area contributed by atoms with Gasteiger partial charge in [0.2, 0.25) is 5.91 Å². The zero-order valence-corrected chi connectivity index (χ0v) is 11.3. The maximum atomic E-state index is 11.9. The van der Waals surface area contributed by atoms with Crippen LogP contribution in [0.2, 0.25) is 0 Å². The van der Waals surface area contributed by atoms with Gasteiger partial charge in [-0.25, -0.2) is 0 Å². The zero-order chi connectivity index (χ0) is 13.3. The molecule has 1 heterocycles. The van der Waals surface area contributed by atoms with E-state index >= 15 is 0 Å². The Kier molecular flexibility index (Phi) is 3.43. The van der Waals surface area contributed by atoms with E-state index in [9.17, 15) is 9.59 Å². The quantitative estimate of drug-likeness (QED) is 0.802. The Morgan fingerprint density at radius 1 is 1.50 bits per heavy atom. The fourth-order valence-electron chi connectivity index (χ4n) is 1.97. The lowest BCUT2D eigenvalue weighted by Gasteiger charge is -2.16. The van der Waals surface area contributed by atoms with Gasteiger partial charge in [0, 0.05) is 22.2 Å². The fourth-order valence-corrected chi connectivity index (χ4v) is 2.99. The fraction of sp³-hybridized carbons (Fsp3) is 0.538. The topological polar surface area (TPSA) is 66.4 Å². The van der Waals surface area contributed by atoms with Crippen molar-refractivity contribution in [2.24, 2.45) is 5.41 Å². The average Bonchev–Trinajstić information content (AvgIpc) is 2.99. The molecule has 1 amide bonds. The van der Waals surface area contributed by atoms with E-state index in [1.54, 1.807) is 11.3 Å². The Morgan fingerprint density at radius 2 is 2.17 bits per heavy atom. The second-order valence-corrected chi connectivity index (χ2v) is 6.35. The van der Waals surface area contributed by atoms with Crippen LogP contribution in [-0.2, 0) is 16.0 Å². The molecule has 1 aliphatic carbocycles. The molecule has 2 rings (SSSR count). The Hall–Kier alpha value is -1.36. The van der Waals surface area contributed by atoms with Gasteiger partial charge in [0.15, 0.2) is 0 Å². The summed E-state index contributed by atoms with van der Waals surface area (Å²) in [6.07, 6.45) is 1.66. The summed E-state index contributed by atoms with van der Waals surface area (Å²) in [6, 6.07) is 4.06. The highest BCUT2D eigenvalue weighted by Crippen LogP contribution is 2.46. The minimum Gasteiger partial charge on any atom is -0.480 e. The Labute approximate surface area is 110 Å². The van der Waals surface area contributed by atoms with Crippen LogP contribution in [-0.4, -0.2) is 23.0 Å². The highest BCUT2D eigenvalue weighted by molar-refractivity contribution is 7.11. The number of carboxylic acids is 1. The Balaban J connectivity index is 1.90. The molecule has 1 atom stereocenters. The molecule has 0 aliphatic heterocycles. The summed E-state index contributed by atoms with van der Waals surface area (Å²) in [6.45, 7) is 3.95.